The van der Waals surface area contributed by atoms with Crippen LogP contribution in [0.2, 0.25) is 0 Å². The lowest BCUT2D eigenvalue weighted by Gasteiger charge is -2.14. The van der Waals surface area contributed by atoms with E-state index in [9.17, 15) is 9.90 Å². The Labute approximate surface area is 147 Å². The third-order valence-electron chi connectivity index (χ3n) is 4.00. The standard InChI is InChI=1S/C17H15N7O2/c1-23(2)11-5-3-10(4-6-11)19-15-12-7-8-18-9-13(12)24-16(20-15)14(17(25)26)21-22-24/h3-9H,1-2H3,(H,19,20)(H,25,26). The zero-order valence-corrected chi connectivity index (χ0v) is 14.1. The first-order valence-corrected chi connectivity index (χ1v) is 7.81. The highest BCUT2D eigenvalue weighted by Crippen LogP contribution is 2.26. The molecule has 0 unspecified atom stereocenters. The number of fused-ring (bicyclic) bond motifs is 3. The van der Waals surface area contributed by atoms with Crippen LogP contribution in [0.1, 0.15) is 10.5 Å². The number of hydrogen-bond donors (Lipinski definition) is 2. The summed E-state index contributed by atoms with van der Waals surface area (Å²) >= 11 is 0. The van der Waals surface area contributed by atoms with Gasteiger partial charge < -0.3 is 15.3 Å². The third-order valence-corrected chi connectivity index (χ3v) is 4.00. The van der Waals surface area contributed by atoms with Gasteiger partial charge >= 0.3 is 5.97 Å². The Hall–Kier alpha value is -3.75. The molecule has 0 aliphatic heterocycles. The highest BCUT2D eigenvalue weighted by atomic mass is 16.4. The van der Waals surface area contributed by atoms with Gasteiger partial charge in [0.05, 0.1) is 11.7 Å². The van der Waals surface area contributed by atoms with Crippen LogP contribution < -0.4 is 10.2 Å². The van der Waals surface area contributed by atoms with Crippen LogP contribution in [0.5, 0.6) is 0 Å². The van der Waals surface area contributed by atoms with Crippen molar-refractivity contribution in [2.45, 2.75) is 0 Å². The lowest BCUT2D eigenvalue weighted by molar-refractivity contribution is 0.0692. The molecule has 3 aromatic heterocycles. The molecule has 9 heteroatoms. The average Bonchev–Trinajstić information content (AvgIpc) is 3.06. The van der Waals surface area contributed by atoms with Gasteiger partial charge in [-0.2, -0.15) is 4.52 Å². The van der Waals surface area contributed by atoms with Crippen LogP contribution in [0.3, 0.4) is 0 Å². The molecule has 130 valence electrons. The number of pyridine rings is 1. The van der Waals surface area contributed by atoms with E-state index in [1.807, 2.05) is 43.3 Å². The molecule has 0 radical (unpaired) electrons. The molecule has 0 spiro atoms. The molecule has 0 amide bonds. The van der Waals surface area contributed by atoms with Crippen LogP contribution in [-0.2, 0) is 0 Å². The van der Waals surface area contributed by atoms with Crippen molar-refractivity contribution < 1.29 is 9.90 Å². The quantitative estimate of drug-likeness (QED) is 0.577. The minimum atomic E-state index is -1.18. The fourth-order valence-electron chi connectivity index (χ4n) is 2.67. The van der Waals surface area contributed by atoms with Crippen molar-refractivity contribution in [1.29, 1.82) is 0 Å². The summed E-state index contributed by atoms with van der Waals surface area (Å²) in [5.74, 6) is -0.672. The number of rotatable bonds is 4. The highest BCUT2D eigenvalue weighted by molar-refractivity contribution is 5.97. The minimum absolute atomic E-state index is 0.158. The SMILES string of the molecule is CN(C)c1ccc(Nc2nc3c(C(=O)O)nnn3c3cnccc23)cc1. The number of nitrogens with zero attached hydrogens (tertiary/aromatic N) is 6. The van der Waals surface area contributed by atoms with Gasteiger partial charge in [-0.25, -0.2) is 9.78 Å². The Balaban J connectivity index is 1.87. The van der Waals surface area contributed by atoms with Gasteiger partial charge in [-0.1, -0.05) is 5.21 Å². The zero-order chi connectivity index (χ0) is 18.3. The van der Waals surface area contributed by atoms with Crippen LogP contribution in [-0.4, -0.2) is 50.0 Å². The van der Waals surface area contributed by atoms with Crippen LogP contribution in [0.25, 0.3) is 16.6 Å². The van der Waals surface area contributed by atoms with Crippen LogP contribution >= 0.6 is 0 Å². The van der Waals surface area contributed by atoms with Crippen molar-refractivity contribution in [3.8, 4) is 0 Å². The predicted octanol–water partition coefficient (Wildman–Crippen LogP) is 2.18. The number of benzene rings is 1. The first-order valence-electron chi connectivity index (χ1n) is 7.81. The molecular formula is C17H15N7O2. The number of aromatic carboxylic acids is 1. The van der Waals surface area contributed by atoms with Crippen molar-refractivity contribution in [2.75, 3.05) is 24.3 Å². The van der Waals surface area contributed by atoms with Gasteiger partial charge in [0.25, 0.3) is 0 Å². The summed E-state index contributed by atoms with van der Waals surface area (Å²) in [5.41, 5.74) is 2.47. The Morgan fingerprint density at radius 2 is 1.96 bits per heavy atom. The molecule has 0 bridgehead atoms. The van der Waals surface area contributed by atoms with Gasteiger partial charge in [-0.05, 0) is 30.3 Å². The Kier molecular flexibility index (Phi) is 3.61. The number of carbonyl (C=O) groups is 1. The minimum Gasteiger partial charge on any atom is -0.476 e. The average molecular weight is 349 g/mol. The van der Waals surface area contributed by atoms with Crippen molar-refractivity contribution in [1.82, 2.24) is 24.8 Å². The predicted molar refractivity (Wildman–Crippen MR) is 97.1 cm³/mol. The second-order valence-electron chi connectivity index (χ2n) is 5.90. The monoisotopic (exact) mass is 349 g/mol. The maximum atomic E-state index is 11.4. The summed E-state index contributed by atoms with van der Waals surface area (Å²) in [6, 6.07) is 9.61. The largest absolute Gasteiger partial charge is 0.476 e. The number of hydrogen-bond acceptors (Lipinski definition) is 7. The Morgan fingerprint density at radius 1 is 1.19 bits per heavy atom. The maximum absolute atomic E-state index is 11.4. The smallest absolute Gasteiger partial charge is 0.360 e. The van der Waals surface area contributed by atoms with E-state index in [4.69, 9.17) is 0 Å². The second kappa shape index (κ2) is 5.96. The molecule has 0 saturated carbocycles. The molecule has 4 rings (SSSR count). The van der Waals surface area contributed by atoms with E-state index in [0.717, 1.165) is 16.8 Å². The van der Waals surface area contributed by atoms with E-state index < -0.39 is 5.97 Å². The van der Waals surface area contributed by atoms with E-state index in [1.165, 1.54) is 4.52 Å². The summed E-state index contributed by atoms with van der Waals surface area (Å²) in [7, 11) is 3.94. The molecule has 4 aromatic rings. The van der Waals surface area contributed by atoms with Crippen molar-refractivity contribution in [3.05, 3.63) is 48.4 Å². The Morgan fingerprint density at radius 3 is 2.65 bits per heavy atom. The van der Waals surface area contributed by atoms with Gasteiger partial charge in [0.1, 0.15) is 5.82 Å². The molecule has 2 N–H and O–H groups in total. The zero-order valence-electron chi connectivity index (χ0n) is 14.1. The number of anilines is 3. The van der Waals surface area contributed by atoms with Gasteiger partial charge in [0.15, 0.2) is 5.65 Å². The molecule has 1 aromatic carbocycles. The number of nitrogens with one attached hydrogen (secondary N) is 1. The number of carboxylic acid groups (broad SMARTS) is 1. The molecule has 3 heterocycles. The molecule has 9 nitrogen and oxygen atoms in total. The van der Waals surface area contributed by atoms with Crippen molar-refractivity contribution >= 4 is 39.7 Å². The first-order chi connectivity index (χ1) is 12.5. The van der Waals surface area contributed by atoms with Crippen LogP contribution in [0.15, 0.2) is 42.7 Å². The van der Waals surface area contributed by atoms with E-state index in [-0.39, 0.29) is 11.3 Å². The number of aromatic nitrogens is 5. The second-order valence-corrected chi connectivity index (χ2v) is 5.90. The first kappa shape index (κ1) is 15.8. The summed E-state index contributed by atoms with van der Waals surface area (Å²) in [5, 5.41) is 20.9. The molecule has 0 aliphatic rings. The van der Waals surface area contributed by atoms with Crippen LogP contribution in [0.4, 0.5) is 17.2 Å². The van der Waals surface area contributed by atoms with Gasteiger partial charge in [-0.3, -0.25) is 4.98 Å². The Bertz CT molecular complexity index is 1120. The fourth-order valence-corrected chi connectivity index (χ4v) is 2.67. The van der Waals surface area contributed by atoms with Gasteiger partial charge in [0, 0.05) is 37.1 Å². The summed E-state index contributed by atoms with van der Waals surface area (Å²) in [6.07, 6.45) is 3.25. The van der Waals surface area contributed by atoms with E-state index in [2.05, 4.69) is 25.6 Å². The molecule has 0 aliphatic carbocycles. The lowest BCUT2D eigenvalue weighted by atomic mass is 10.2. The van der Waals surface area contributed by atoms with E-state index in [0.29, 0.717) is 11.3 Å². The van der Waals surface area contributed by atoms with Crippen LogP contribution in [0, 0.1) is 0 Å². The summed E-state index contributed by atoms with van der Waals surface area (Å²) in [4.78, 5) is 21.9. The molecule has 26 heavy (non-hydrogen) atoms. The molecular weight excluding hydrogens is 334 g/mol. The molecule has 0 fully saturated rings. The third kappa shape index (κ3) is 2.55. The molecule has 0 atom stereocenters. The topological polar surface area (TPSA) is 109 Å². The summed E-state index contributed by atoms with van der Waals surface area (Å²) < 4.78 is 1.38. The number of carboxylic acids is 1. The van der Waals surface area contributed by atoms with E-state index >= 15 is 0 Å². The highest BCUT2D eigenvalue weighted by Gasteiger charge is 2.19. The summed E-state index contributed by atoms with van der Waals surface area (Å²) in [6.45, 7) is 0. The fraction of sp³-hybridized carbons (Fsp3) is 0.118. The van der Waals surface area contributed by atoms with Crippen molar-refractivity contribution in [3.63, 3.8) is 0 Å². The van der Waals surface area contributed by atoms with Crippen molar-refractivity contribution in [2.24, 2.45) is 0 Å². The normalized spacial score (nSPS) is 11.0. The van der Waals surface area contributed by atoms with E-state index in [1.54, 1.807) is 18.5 Å². The van der Waals surface area contributed by atoms with Gasteiger partial charge in [0.2, 0.25) is 5.69 Å². The molecule has 0 saturated heterocycles. The maximum Gasteiger partial charge on any atom is 0.360 e. The lowest BCUT2D eigenvalue weighted by Crippen LogP contribution is -2.08. The van der Waals surface area contributed by atoms with Gasteiger partial charge in [-0.15, -0.1) is 5.10 Å².